The number of esters is 1. The number of aromatic nitrogens is 1. The number of carbonyl (C=O) groups excluding carboxylic acids is 3. The van der Waals surface area contributed by atoms with Gasteiger partial charge in [0.15, 0.2) is 12.4 Å². The summed E-state index contributed by atoms with van der Waals surface area (Å²) in [5.41, 5.74) is 8.57. The van der Waals surface area contributed by atoms with Crippen LogP contribution >= 0.6 is 0 Å². The van der Waals surface area contributed by atoms with Crippen LogP contribution in [0.3, 0.4) is 0 Å². The molecule has 4 rings (SSSR count). The Morgan fingerprint density at radius 2 is 1.92 bits per heavy atom. The van der Waals surface area contributed by atoms with Gasteiger partial charge in [0, 0.05) is 31.4 Å². The van der Waals surface area contributed by atoms with Gasteiger partial charge in [-0.25, -0.2) is 4.39 Å². The van der Waals surface area contributed by atoms with Crippen molar-refractivity contribution in [1.29, 1.82) is 0 Å². The number of hydrogen-bond acceptors (Lipinski definition) is 7. The van der Waals surface area contributed by atoms with Crippen molar-refractivity contribution in [2.24, 2.45) is 11.7 Å². The number of halogens is 1. The zero-order valence-electron chi connectivity index (χ0n) is 21.0. The Kier molecular flexibility index (Phi) is 8.65. The molecule has 198 valence electrons. The van der Waals surface area contributed by atoms with Crippen LogP contribution in [0.25, 0.3) is 11.1 Å². The molecule has 2 aromatic carbocycles. The van der Waals surface area contributed by atoms with Gasteiger partial charge in [-0.2, -0.15) is 0 Å². The maximum Gasteiger partial charge on any atom is 0.308 e. The fraction of sp³-hybridized carbons (Fsp3) is 0.286. The molecule has 1 aliphatic heterocycles. The van der Waals surface area contributed by atoms with Crippen LogP contribution in [-0.2, 0) is 20.9 Å². The minimum absolute atomic E-state index is 0.0315. The Labute approximate surface area is 219 Å². The molecule has 9 nitrogen and oxygen atoms in total. The Bertz CT molecular complexity index is 1320. The summed E-state index contributed by atoms with van der Waals surface area (Å²) in [6.45, 7) is 1.04. The van der Waals surface area contributed by atoms with E-state index < -0.39 is 11.7 Å². The van der Waals surface area contributed by atoms with Gasteiger partial charge in [0.05, 0.1) is 24.9 Å². The Hall–Kier alpha value is -4.31. The van der Waals surface area contributed by atoms with Gasteiger partial charge in [-0.05, 0) is 59.9 Å². The van der Waals surface area contributed by atoms with Crippen molar-refractivity contribution in [1.82, 2.24) is 9.88 Å². The van der Waals surface area contributed by atoms with E-state index in [2.05, 4.69) is 10.3 Å². The van der Waals surface area contributed by atoms with Crippen LogP contribution in [0.4, 0.5) is 10.1 Å². The van der Waals surface area contributed by atoms with E-state index in [0.29, 0.717) is 37.2 Å². The molecule has 0 spiro atoms. The lowest BCUT2D eigenvalue weighted by atomic mass is 9.96. The average Bonchev–Trinajstić information content (AvgIpc) is 2.96. The fourth-order valence-electron chi connectivity index (χ4n) is 4.36. The van der Waals surface area contributed by atoms with Crippen molar-refractivity contribution in [3.63, 3.8) is 0 Å². The molecular formula is C28H29FN4O5. The van der Waals surface area contributed by atoms with E-state index in [1.54, 1.807) is 41.3 Å². The SMILES string of the molecule is COC(=O)C1CCN(C(=O)COc2cccc(-c3cc(C(=O)Nc4ccncc4F)ccc3CN)c2)CC1. The molecule has 1 aromatic heterocycles. The molecule has 0 aliphatic carbocycles. The highest BCUT2D eigenvalue weighted by atomic mass is 19.1. The van der Waals surface area contributed by atoms with Crippen LogP contribution in [0, 0.1) is 11.7 Å². The number of anilines is 1. The molecule has 0 radical (unpaired) electrons. The molecule has 1 saturated heterocycles. The number of methoxy groups -OCH3 is 1. The molecular weight excluding hydrogens is 491 g/mol. The predicted molar refractivity (Wildman–Crippen MR) is 139 cm³/mol. The minimum Gasteiger partial charge on any atom is -0.484 e. The molecule has 38 heavy (non-hydrogen) atoms. The number of nitrogens with one attached hydrogen (secondary N) is 1. The lowest BCUT2D eigenvalue weighted by Gasteiger charge is -2.30. The molecule has 0 bridgehead atoms. The highest BCUT2D eigenvalue weighted by molar-refractivity contribution is 6.05. The van der Waals surface area contributed by atoms with Gasteiger partial charge in [0.2, 0.25) is 0 Å². The largest absolute Gasteiger partial charge is 0.484 e. The molecule has 0 saturated carbocycles. The summed E-state index contributed by atoms with van der Waals surface area (Å²) >= 11 is 0. The molecule has 1 fully saturated rings. The third-order valence-electron chi connectivity index (χ3n) is 6.50. The predicted octanol–water partition coefficient (Wildman–Crippen LogP) is 3.39. The van der Waals surface area contributed by atoms with Gasteiger partial charge in [-0.1, -0.05) is 18.2 Å². The molecule has 3 aromatic rings. The van der Waals surface area contributed by atoms with Crippen LogP contribution < -0.4 is 15.8 Å². The van der Waals surface area contributed by atoms with Gasteiger partial charge >= 0.3 is 5.97 Å². The lowest BCUT2D eigenvalue weighted by Crippen LogP contribution is -2.42. The maximum atomic E-state index is 13.9. The highest BCUT2D eigenvalue weighted by Gasteiger charge is 2.28. The van der Waals surface area contributed by atoms with E-state index in [4.69, 9.17) is 15.2 Å². The molecule has 0 atom stereocenters. The summed E-state index contributed by atoms with van der Waals surface area (Å²) in [5.74, 6) is -1.21. The fourth-order valence-corrected chi connectivity index (χ4v) is 4.36. The van der Waals surface area contributed by atoms with E-state index in [1.165, 1.54) is 19.4 Å². The number of hydrogen-bond donors (Lipinski definition) is 2. The smallest absolute Gasteiger partial charge is 0.308 e. The van der Waals surface area contributed by atoms with Crippen LogP contribution in [0.15, 0.2) is 60.9 Å². The normalized spacial score (nSPS) is 13.6. The minimum atomic E-state index is -0.633. The molecule has 10 heteroatoms. The Morgan fingerprint density at radius 3 is 2.63 bits per heavy atom. The number of piperidine rings is 1. The highest BCUT2D eigenvalue weighted by Crippen LogP contribution is 2.29. The standard InChI is InChI=1S/C28H29FN4O5/c1-37-28(36)18-8-11-33(12-9-18)26(34)17-38-22-4-2-3-19(13-22)23-14-20(5-6-21(23)15-30)27(35)32-25-7-10-31-16-24(25)29/h2-7,10,13-14,16,18H,8-9,11-12,15,17,30H2,1H3,(H,31,32,35). The first-order valence-corrected chi connectivity index (χ1v) is 12.2. The number of ether oxygens (including phenoxy) is 2. The van der Waals surface area contributed by atoms with Gasteiger partial charge in [-0.3, -0.25) is 19.4 Å². The molecule has 3 N–H and O–H groups in total. The lowest BCUT2D eigenvalue weighted by molar-refractivity contribution is -0.149. The zero-order chi connectivity index (χ0) is 27.1. The van der Waals surface area contributed by atoms with Crippen LogP contribution in [-0.4, -0.2) is 54.5 Å². The average molecular weight is 521 g/mol. The zero-order valence-corrected chi connectivity index (χ0v) is 21.0. The number of carbonyl (C=O) groups is 3. The number of benzene rings is 2. The second kappa shape index (κ2) is 12.3. The second-order valence-corrected chi connectivity index (χ2v) is 8.88. The van der Waals surface area contributed by atoms with E-state index >= 15 is 0 Å². The number of likely N-dealkylation sites (tertiary alicyclic amines) is 1. The summed E-state index contributed by atoms with van der Waals surface area (Å²) in [7, 11) is 1.37. The van der Waals surface area contributed by atoms with Crippen molar-refractivity contribution >= 4 is 23.5 Å². The van der Waals surface area contributed by atoms with Crippen molar-refractivity contribution in [2.45, 2.75) is 19.4 Å². The third kappa shape index (κ3) is 6.33. The molecule has 1 aliphatic rings. The number of amides is 2. The van der Waals surface area contributed by atoms with Crippen molar-refractivity contribution in [3.05, 3.63) is 77.9 Å². The summed E-state index contributed by atoms with van der Waals surface area (Å²) < 4.78 is 24.5. The van der Waals surface area contributed by atoms with Gasteiger partial charge in [-0.15, -0.1) is 0 Å². The van der Waals surface area contributed by atoms with E-state index in [-0.39, 0.29) is 36.6 Å². The Morgan fingerprint density at radius 1 is 1.13 bits per heavy atom. The third-order valence-corrected chi connectivity index (χ3v) is 6.50. The summed E-state index contributed by atoms with van der Waals surface area (Å²) in [6.07, 6.45) is 3.54. The maximum absolute atomic E-state index is 13.9. The number of rotatable bonds is 8. The van der Waals surface area contributed by atoms with Crippen LogP contribution in [0.5, 0.6) is 5.75 Å². The monoisotopic (exact) mass is 520 g/mol. The number of nitrogens with two attached hydrogens (primary N) is 1. The van der Waals surface area contributed by atoms with E-state index in [9.17, 15) is 18.8 Å². The summed E-state index contributed by atoms with van der Waals surface area (Å²) in [5, 5.41) is 2.55. The first kappa shape index (κ1) is 26.7. The first-order chi connectivity index (χ1) is 18.4. The second-order valence-electron chi connectivity index (χ2n) is 8.88. The summed E-state index contributed by atoms with van der Waals surface area (Å²) in [4.78, 5) is 42.5. The number of pyridine rings is 1. The molecule has 0 unspecified atom stereocenters. The van der Waals surface area contributed by atoms with Gasteiger partial charge in [0.25, 0.3) is 11.8 Å². The van der Waals surface area contributed by atoms with Crippen molar-refractivity contribution in [2.75, 3.05) is 32.1 Å². The number of nitrogens with zero attached hydrogens (tertiary/aromatic N) is 2. The first-order valence-electron chi connectivity index (χ1n) is 12.2. The summed E-state index contributed by atoms with van der Waals surface area (Å²) in [6, 6.07) is 13.6. The van der Waals surface area contributed by atoms with Gasteiger partial charge < -0.3 is 25.4 Å². The van der Waals surface area contributed by atoms with Gasteiger partial charge in [0.1, 0.15) is 5.75 Å². The Balaban J connectivity index is 1.44. The van der Waals surface area contributed by atoms with E-state index in [1.807, 2.05) is 6.07 Å². The quantitative estimate of drug-likeness (QED) is 0.437. The van der Waals surface area contributed by atoms with Crippen LogP contribution in [0.1, 0.15) is 28.8 Å². The topological polar surface area (TPSA) is 124 Å². The van der Waals surface area contributed by atoms with Crippen molar-refractivity contribution in [3.8, 4) is 16.9 Å². The van der Waals surface area contributed by atoms with E-state index in [0.717, 1.165) is 22.9 Å². The van der Waals surface area contributed by atoms with Crippen molar-refractivity contribution < 1.29 is 28.2 Å². The van der Waals surface area contributed by atoms with Crippen LogP contribution in [0.2, 0.25) is 0 Å². The molecule has 2 amide bonds. The molecule has 2 heterocycles.